The number of aliphatic imine (C=N–C) groups is 1. The monoisotopic (exact) mass is 289 g/mol. The molecule has 21 heavy (non-hydrogen) atoms. The summed E-state index contributed by atoms with van der Waals surface area (Å²) >= 11 is 0. The van der Waals surface area contributed by atoms with E-state index in [0.29, 0.717) is 5.60 Å². The van der Waals surface area contributed by atoms with Gasteiger partial charge < -0.3 is 0 Å². The first kappa shape index (κ1) is 19.8. The average molecular weight is 289 g/mol. The lowest BCUT2D eigenvalue weighted by Crippen LogP contribution is -2.26. The summed E-state index contributed by atoms with van der Waals surface area (Å²) in [6.07, 6.45) is 11.2. The lowest BCUT2D eigenvalue weighted by atomic mass is 9.79. The maximum absolute atomic E-state index is 4.40. The van der Waals surface area contributed by atoms with Crippen molar-refractivity contribution in [2.24, 2.45) is 20.6 Å². The molecule has 0 aromatic carbocycles. The maximum atomic E-state index is 4.40. The van der Waals surface area contributed by atoms with Crippen LogP contribution in [0.25, 0.3) is 0 Å². The van der Waals surface area contributed by atoms with Gasteiger partial charge in [-0.25, -0.2) is 4.99 Å². The second-order valence-corrected chi connectivity index (χ2v) is 6.05. The molecule has 0 amide bonds. The van der Waals surface area contributed by atoms with Crippen LogP contribution >= 0.6 is 0 Å². The van der Waals surface area contributed by atoms with Crippen LogP contribution in [0.2, 0.25) is 0 Å². The van der Waals surface area contributed by atoms with Crippen LogP contribution in [0.3, 0.4) is 0 Å². The summed E-state index contributed by atoms with van der Waals surface area (Å²) < 4.78 is 0. The predicted molar refractivity (Wildman–Crippen MR) is 96.6 cm³/mol. The zero-order valence-corrected chi connectivity index (χ0v) is 14.5. The Kier molecular flexibility index (Phi) is 10.8. The number of rotatable bonds is 11. The van der Waals surface area contributed by atoms with Crippen molar-refractivity contribution in [2.45, 2.75) is 72.1 Å². The highest BCUT2D eigenvalue weighted by atomic mass is 15.1. The van der Waals surface area contributed by atoms with E-state index in [2.05, 4.69) is 49.1 Å². The van der Waals surface area contributed by atoms with E-state index in [1.807, 2.05) is 7.85 Å². The Hall–Kier alpha value is -1.19. The van der Waals surface area contributed by atoms with Gasteiger partial charge >= 0.3 is 0 Å². The Morgan fingerprint density at radius 3 is 2.19 bits per heavy atom. The number of hydrogen-bond donors (Lipinski definition) is 0. The van der Waals surface area contributed by atoms with Crippen LogP contribution in [-0.2, 0) is 0 Å². The lowest BCUT2D eigenvalue weighted by molar-refractivity contribution is 0.358. The highest BCUT2D eigenvalue weighted by Gasteiger charge is 2.30. The van der Waals surface area contributed by atoms with Crippen molar-refractivity contribution in [1.82, 2.24) is 0 Å². The highest BCUT2D eigenvalue weighted by molar-refractivity contribution is 6.20. The van der Waals surface area contributed by atoms with Crippen molar-refractivity contribution in [2.75, 3.05) is 0 Å². The molecule has 0 heterocycles. The number of unbranched alkanes of at least 4 members (excludes halogenated alkanes) is 4. The molecule has 0 aliphatic rings. The van der Waals surface area contributed by atoms with E-state index in [1.54, 1.807) is 6.20 Å². The fourth-order valence-electron chi connectivity index (χ4n) is 2.38. The zero-order valence-electron chi connectivity index (χ0n) is 14.5. The molecule has 0 aliphatic heterocycles. The summed E-state index contributed by atoms with van der Waals surface area (Å²) in [6.45, 7) is 14.2. The number of hydrogen-bond acceptors (Lipinski definition) is 2. The van der Waals surface area contributed by atoms with Gasteiger partial charge in [-0.05, 0) is 12.8 Å². The third-order valence-corrected chi connectivity index (χ3v) is 3.73. The molecule has 0 radical (unpaired) electrons. The summed E-state index contributed by atoms with van der Waals surface area (Å²) in [5.74, 6) is 0.797. The van der Waals surface area contributed by atoms with Gasteiger partial charge in [-0.15, -0.1) is 5.11 Å². The Morgan fingerprint density at radius 1 is 1.05 bits per heavy atom. The fourth-order valence-corrected chi connectivity index (χ4v) is 2.38. The van der Waals surface area contributed by atoms with Gasteiger partial charge in [0.05, 0.1) is 0 Å². The van der Waals surface area contributed by atoms with E-state index in [1.165, 1.54) is 38.5 Å². The Bertz CT molecular complexity index is 374. The topological polar surface area (TPSA) is 37.1 Å². The molecule has 0 fully saturated rings. The lowest BCUT2D eigenvalue weighted by Gasteiger charge is -2.28. The summed E-state index contributed by atoms with van der Waals surface area (Å²) in [4.78, 5) is 4.40. The minimum atomic E-state index is -0.0170. The van der Waals surface area contributed by atoms with E-state index >= 15 is 0 Å². The van der Waals surface area contributed by atoms with Crippen molar-refractivity contribution < 1.29 is 0 Å². The molecule has 0 N–H and O–H groups in total. The summed E-state index contributed by atoms with van der Waals surface area (Å²) in [5, 5.41) is 8.46. The van der Waals surface area contributed by atoms with Crippen LogP contribution < -0.4 is 0 Å². The molecule has 118 valence electrons. The van der Waals surface area contributed by atoms with Crippen LogP contribution in [-0.4, -0.2) is 13.7 Å². The minimum Gasteiger partial charge on any atom is -0.240 e. The standard InChI is InChI=1S/C17H32BN3/c1-6-9-11-12-14-17(5,13-10-7-2)16(19-8-3)21-20-15(4)18/h8H,3-4,6-7,9-14,18H2,1-2,5H3/b19-16-,21-20-. The maximum Gasteiger partial charge on any atom is 0.165 e. The Morgan fingerprint density at radius 2 is 1.67 bits per heavy atom. The molecule has 1 unspecified atom stereocenters. The Labute approximate surface area is 132 Å². The SMILES string of the molecule is BC(=C)/N=N\C(=N/C=C)C(C)(CCCC)CCCCCC. The highest BCUT2D eigenvalue weighted by Crippen LogP contribution is 2.33. The third-order valence-electron chi connectivity index (χ3n) is 3.73. The van der Waals surface area contributed by atoms with E-state index in [-0.39, 0.29) is 5.41 Å². The third kappa shape index (κ3) is 8.64. The van der Waals surface area contributed by atoms with E-state index in [0.717, 1.165) is 18.7 Å². The van der Waals surface area contributed by atoms with E-state index < -0.39 is 0 Å². The number of azo groups is 1. The van der Waals surface area contributed by atoms with Crippen molar-refractivity contribution >= 4 is 13.7 Å². The summed E-state index contributed by atoms with van der Waals surface area (Å²) in [5.41, 5.74) is 0.687. The second-order valence-electron chi connectivity index (χ2n) is 6.05. The fraction of sp³-hybridized carbons (Fsp3) is 0.706. The largest absolute Gasteiger partial charge is 0.240 e. The van der Waals surface area contributed by atoms with Gasteiger partial charge in [0, 0.05) is 17.2 Å². The molecule has 1 atom stereocenters. The average Bonchev–Trinajstić information content (AvgIpc) is 2.45. The van der Waals surface area contributed by atoms with Gasteiger partial charge in [0.15, 0.2) is 13.7 Å². The molecule has 0 saturated heterocycles. The first-order chi connectivity index (χ1) is 10.00. The van der Waals surface area contributed by atoms with Gasteiger partial charge in [-0.3, -0.25) is 0 Å². The van der Waals surface area contributed by atoms with Gasteiger partial charge in [-0.2, -0.15) is 5.11 Å². The second kappa shape index (κ2) is 11.5. The van der Waals surface area contributed by atoms with Crippen molar-refractivity contribution in [3.05, 3.63) is 25.0 Å². The molecular weight excluding hydrogens is 257 g/mol. The predicted octanol–water partition coefficient (Wildman–Crippen LogP) is 5.25. The number of nitrogens with zero attached hydrogens (tertiary/aromatic N) is 3. The molecule has 0 bridgehead atoms. The van der Waals surface area contributed by atoms with Crippen molar-refractivity contribution in [1.29, 1.82) is 0 Å². The van der Waals surface area contributed by atoms with Crippen LogP contribution in [0.1, 0.15) is 72.1 Å². The molecule has 3 nitrogen and oxygen atoms in total. The molecule has 0 aromatic rings. The first-order valence-electron chi connectivity index (χ1n) is 8.26. The van der Waals surface area contributed by atoms with Crippen LogP contribution in [0.5, 0.6) is 0 Å². The minimum absolute atomic E-state index is 0.0170. The van der Waals surface area contributed by atoms with Crippen molar-refractivity contribution in [3.8, 4) is 0 Å². The van der Waals surface area contributed by atoms with Gasteiger partial charge in [0.2, 0.25) is 0 Å². The van der Waals surface area contributed by atoms with Gasteiger partial charge in [-0.1, -0.05) is 72.5 Å². The molecule has 0 aromatic heterocycles. The van der Waals surface area contributed by atoms with Gasteiger partial charge in [0.1, 0.15) is 0 Å². The smallest absolute Gasteiger partial charge is 0.165 e. The Balaban J connectivity index is 5.05. The zero-order chi connectivity index (χ0) is 16.1. The molecule has 0 aliphatic carbocycles. The quantitative estimate of drug-likeness (QED) is 0.164. The van der Waals surface area contributed by atoms with E-state index in [4.69, 9.17) is 0 Å². The summed E-state index contributed by atoms with van der Waals surface area (Å²) in [7, 11) is 1.85. The normalized spacial score (nSPS) is 15.1. The molecular formula is C17H32BN3. The van der Waals surface area contributed by atoms with Crippen LogP contribution in [0.15, 0.2) is 40.2 Å². The summed E-state index contributed by atoms with van der Waals surface area (Å²) in [6, 6.07) is 0. The number of amidine groups is 1. The van der Waals surface area contributed by atoms with Gasteiger partial charge in [0.25, 0.3) is 0 Å². The molecule has 4 heteroatoms. The van der Waals surface area contributed by atoms with E-state index in [9.17, 15) is 0 Å². The molecule has 0 saturated carbocycles. The van der Waals surface area contributed by atoms with Crippen LogP contribution in [0, 0.1) is 5.41 Å². The first-order valence-corrected chi connectivity index (χ1v) is 8.26. The molecule has 0 spiro atoms. The van der Waals surface area contributed by atoms with Crippen LogP contribution in [0.4, 0.5) is 0 Å². The molecule has 0 rings (SSSR count). The van der Waals surface area contributed by atoms with Crippen molar-refractivity contribution in [3.63, 3.8) is 0 Å².